The summed E-state index contributed by atoms with van der Waals surface area (Å²) in [7, 11) is 1.52. The minimum Gasteiger partial charge on any atom is -0.341 e. The predicted molar refractivity (Wildman–Crippen MR) is 147 cm³/mol. The maximum atomic E-state index is 13.9. The van der Waals surface area contributed by atoms with Crippen molar-refractivity contribution in [3.8, 4) is 0 Å². The number of halogens is 6. The Labute approximate surface area is 242 Å². The van der Waals surface area contributed by atoms with Crippen molar-refractivity contribution in [1.29, 1.82) is 0 Å². The van der Waals surface area contributed by atoms with Crippen LogP contribution in [0.1, 0.15) is 55.7 Å². The molecule has 40 heavy (non-hydrogen) atoms. The fourth-order valence-corrected chi connectivity index (χ4v) is 6.06. The highest BCUT2D eigenvalue weighted by Gasteiger charge is 2.39. The van der Waals surface area contributed by atoms with Gasteiger partial charge in [-0.1, -0.05) is 35.3 Å². The van der Waals surface area contributed by atoms with E-state index in [9.17, 15) is 27.2 Å². The highest BCUT2D eigenvalue weighted by Crippen LogP contribution is 2.36. The summed E-state index contributed by atoms with van der Waals surface area (Å²) in [6.45, 7) is 4.68. The summed E-state index contributed by atoms with van der Waals surface area (Å²) in [6.07, 6.45) is -1.14. The van der Waals surface area contributed by atoms with Crippen molar-refractivity contribution in [3.63, 3.8) is 0 Å². The number of carbonyl (C=O) groups is 2. The second-order valence-corrected chi connectivity index (χ2v) is 11.8. The zero-order chi connectivity index (χ0) is 29.2. The summed E-state index contributed by atoms with van der Waals surface area (Å²) in [5, 5.41) is 0.642. The van der Waals surface area contributed by atoms with Crippen molar-refractivity contribution in [2.24, 2.45) is 0 Å². The molecule has 0 N–H and O–H groups in total. The molecule has 5 nitrogen and oxygen atoms in total. The molecule has 218 valence electrons. The molecule has 2 amide bonds. The molecule has 0 unspecified atom stereocenters. The lowest BCUT2D eigenvalue weighted by Gasteiger charge is -2.39. The molecule has 2 heterocycles. The molecule has 0 spiro atoms. The number of carbonyl (C=O) groups excluding carboxylic acids is 2. The largest absolute Gasteiger partial charge is 0.419 e. The van der Waals surface area contributed by atoms with Gasteiger partial charge in [0.15, 0.2) is 0 Å². The van der Waals surface area contributed by atoms with Crippen molar-refractivity contribution in [2.75, 3.05) is 33.2 Å². The highest BCUT2D eigenvalue weighted by molar-refractivity contribution is 6.42. The number of hydrogen-bond donors (Lipinski definition) is 0. The van der Waals surface area contributed by atoms with E-state index < -0.39 is 23.0 Å². The van der Waals surface area contributed by atoms with Gasteiger partial charge in [0, 0.05) is 45.7 Å². The van der Waals surface area contributed by atoms with Gasteiger partial charge in [-0.25, -0.2) is 4.39 Å². The number of rotatable bonds is 8. The van der Waals surface area contributed by atoms with Crippen LogP contribution in [0.4, 0.5) is 17.6 Å². The summed E-state index contributed by atoms with van der Waals surface area (Å²) >= 11 is 12.4. The van der Waals surface area contributed by atoms with Crippen molar-refractivity contribution in [1.82, 2.24) is 14.7 Å². The summed E-state index contributed by atoms with van der Waals surface area (Å²) in [5.74, 6) is -1.44. The Hall–Kier alpha value is -2.36. The van der Waals surface area contributed by atoms with E-state index in [4.69, 9.17) is 23.2 Å². The molecule has 0 aliphatic carbocycles. The molecular weight excluding hydrogens is 569 g/mol. The molecule has 2 aromatic rings. The van der Waals surface area contributed by atoms with E-state index in [0.717, 1.165) is 51.0 Å². The standard InChI is InChI=1S/C29H33Cl2F4N3O2/c1-28(20-6-7-23(30)24(31)17-20,11-15-37-13-9-21(10-14-37)38-12-3-4-26(38)39)27(40)36(2)18-19-5-8-25(32)22(16-19)29(33,34)35/h5-8,16-17,21H,3-4,9-15,18H2,1-2H3/t28-/m1/s1. The van der Waals surface area contributed by atoms with Crippen LogP contribution in [0.3, 0.4) is 0 Å². The van der Waals surface area contributed by atoms with Crippen molar-refractivity contribution < 1.29 is 27.2 Å². The van der Waals surface area contributed by atoms with Crippen LogP contribution >= 0.6 is 23.2 Å². The maximum absolute atomic E-state index is 13.9. The predicted octanol–water partition coefficient (Wildman–Crippen LogP) is 6.54. The van der Waals surface area contributed by atoms with E-state index in [1.54, 1.807) is 25.1 Å². The molecule has 4 rings (SSSR count). The monoisotopic (exact) mass is 601 g/mol. The zero-order valence-electron chi connectivity index (χ0n) is 22.5. The first-order valence-electron chi connectivity index (χ1n) is 13.4. The first kappa shape index (κ1) is 30.6. The van der Waals surface area contributed by atoms with Crippen LogP contribution in [0.25, 0.3) is 0 Å². The first-order chi connectivity index (χ1) is 18.8. The van der Waals surface area contributed by atoms with Gasteiger partial charge in [-0.3, -0.25) is 9.59 Å². The number of likely N-dealkylation sites (N-methyl/N-ethyl adjacent to an activating group) is 1. The second kappa shape index (κ2) is 12.2. The maximum Gasteiger partial charge on any atom is 0.419 e. The minimum atomic E-state index is -4.84. The van der Waals surface area contributed by atoms with Crippen molar-refractivity contribution in [2.45, 2.75) is 63.2 Å². The SMILES string of the molecule is CN(Cc1ccc(F)c(C(F)(F)F)c1)C(=O)[C@](C)(CCN1CCC(N2CCCC2=O)CC1)c1ccc(Cl)c(Cl)c1. The van der Waals surface area contributed by atoms with Crippen LogP contribution in [0.15, 0.2) is 36.4 Å². The molecular formula is C29H33Cl2F4N3O2. The Morgan fingerprint density at radius 2 is 1.75 bits per heavy atom. The molecule has 11 heteroatoms. The zero-order valence-corrected chi connectivity index (χ0v) is 24.1. The Morgan fingerprint density at radius 3 is 2.35 bits per heavy atom. The van der Waals surface area contributed by atoms with Gasteiger partial charge < -0.3 is 14.7 Å². The van der Waals surface area contributed by atoms with Crippen LogP contribution in [0.2, 0.25) is 10.0 Å². The molecule has 2 aliphatic rings. The summed E-state index contributed by atoms with van der Waals surface area (Å²) < 4.78 is 53.5. The summed E-state index contributed by atoms with van der Waals surface area (Å²) in [4.78, 5) is 31.7. The second-order valence-electron chi connectivity index (χ2n) is 10.9. The number of nitrogens with zero attached hydrogens (tertiary/aromatic N) is 3. The Kier molecular flexibility index (Phi) is 9.37. The van der Waals surface area contributed by atoms with Crippen molar-refractivity contribution in [3.05, 3.63) is 69.0 Å². The Bertz CT molecular complexity index is 1250. The molecule has 0 bridgehead atoms. The average Bonchev–Trinajstić information content (AvgIpc) is 3.34. The van der Waals surface area contributed by atoms with Crippen LogP contribution < -0.4 is 0 Å². The topological polar surface area (TPSA) is 43.9 Å². The minimum absolute atomic E-state index is 0.131. The molecule has 2 aliphatic heterocycles. The van der Waals surface area contributed by atoms with Gasteiger partial charge in [0.25, 0.3) is 0 Å². The highest BCUT2D eigenvalue weighted by atomic mass is 35.5. The summed E-state index contributed by atoms with van der Waals surface area (Å²) in [6, 6.07) is 8.03. The lowest BCUT2D eigenvalue weighted by molar-refractivity contribution is -0.140. The number of likely N-dealkylation sites (tertiary alicyclic amines) is 2. The third-order valence-electron chi connectivity index (χ3n) is 8.17. The lowest BCUT2D eigenvalue weighted by atomic mass is 9.77. The molecule has 1 atom stereocenters. The van der Waals surface area contributed by atoms with E-state index >= 15 is 0 Å². The van der Waals surface area contributed by atoms with Crippen molar-refractivity contribution >= 4 is 35.0 Å². The normalized spacial score (nSPS) is 18.7. The first-order valence-corrected chi connectivity index (χ1v) is 14.1. The number of alkyl halides is 3. The van der Waals surface area contributed by atoms with E-state index in [-0.39, 0.29) is 30.0 Å². The van der Waals surface area contributed by atoms with Gasteiger partial charge in [0.1, 0.15) is 5.82 Å². The molecule has 0 aromatic heterocycles. The quantitative estimate of drug-likeness (QED) is 0.323. The van der Waals surface area contributed by atoms with Gasteiger partial charge in [-0.15, -0.1) is 0 Å². The molecule has 2 aromatic carbocycles. The lowest BCUT2D eigenvalue weighted by Crippen LogP contribution is -2.48. The van der Waals surface area contributed by atoms with Gasteiger partial charge >= 0.3 is 6.18 Å². The van der Waals surface area contributed by atoms with Crippen LogP contribution in [-0.2, 0) is 27.7 Å². The fraction of sp³-hybridized carbons (Fsp3) is 0.517. The number of piperidine rings is 1. The number of benzene rings is 2. The number of hydrogen-bond acceptors (Lipinski definition) is 3. The smallest absolute Gasteiger partial charge is 0.341 e. The van der Waals surface area contributed by atoms with Gasteiger partial charge in [-0.05, 0) is 74.5 Å². The van der Waals surface area contributed by atoms with Crippen LogP contribution in [-0.4, -0.2) is 65.8 Å². The third kappa shape index (κ3) is 6.74. The Morgan fingerprint density at radius 1 is 1.05 bits per heavy atom. The number of amides is 2. The van der Waals surface area contributed by atoms with E-state index in [2.05, 4.69) is 4.90 Å². The average molecular weight is 603 g/mol. The van der Waals surface area contributed by atoms with E-state index in [0.29, 0.717) is 35.0 Å². The molecule has 2 fully saturated rings. The van der Waals surface area contributed by atoms with E-state index in [1.165, 1.54) is 18.0 Å². The van der Waals surface area contributed by atoms with Crippen LogP contribution in [0.5, 0.6) is 0 Å². The molecule has 2 saturated heterocycles. The van der Waals surface area contributed by atoms with E-state index in [1.807, 2.05) is 4.90 Å². The molecule has 0 radical (unpaired) electrons. The molecule has 0 saturated carbocycles. The van der Waals surface area contributed by atoms with Gasteiger partial charge in [0.2, 0.25) is 11.8 Å². The van der Waals surface area contributed by atoms with Gasteiger partial charge in [-0.2, -0.15) is 13.2 Å². The van der Waals surface area contributed by atoms with Crippen LogP contribution in [0, 0.1) is 5.82 Å². The third-order valence-corrected chi connectivity index (χ3v) is 8.91. The van der Waals surface area contributed by atoms with Gasteiger partial charge in [0.05, 0.1) is 21.0 Å². The summed E-state index contributed by atoms with van der Waals surface area (Å²) in [5.41, 5.74) is -1.61. The fourth-order valence-electron chi connectivity index (χ4n) is 5.76. The Balaban J connectivity index is 1.50.